The largest absolute Gasteiger partial charge is 0.348 e. The second kappa shape index (κ2) is 6.13. The Labute approximate surface area is 149 Å². The smallest absolute Gasteiger partial charge is 0.305 e. The van der Waals surface area contributed by atoms with E-state index in [9.17, 15) is 18.0 Å². The van der Waals surface area contributed by atoms with Crippen molar-refractivity contribution in [3.63, 3.8) is 0 Å². The van der Waals surface area contributed by atoms with Crippen LogP contribution in [0.1, 0.15) is 25.3 Å². The third kappa shape index (κ3) is 3.27. The number of nitrogens with one attached hydrogen (secondary N) is 2. The number of sulfonamides is 1. The summed E-state index contributed by atoms with van der Waals surface area (Å²) in [5.41, 5.74) is 1.32. The van der Waals surface area contributed by atoms with Crippen LogP contribution in [0.5, 0.6) is 0 Å². The third-order valence-electron chi connectivity index (χ3n) is 3.96. The number of H-pyrrole nitrogens is 1. The van der Waals surface area contributed by atoms with Crippen molar-refractivity contribution in [3.05, 3.63) is 50.9 Å². The van der Waals surface area contributed by atoms with Crippen LogP contribution >= 0.6 is 0 Å². The fourth-order valence-corrected chi connectivity index (χ4v) is 3.31. The molecule has 2 heterocycles. The van der Waals surface area contributed by atoms with Crippen LogP contribution in [0.15, 0.2) is 34.1 Å². The first-order chi connectivity index (χ1) is 12.1. The monoisotopic (exact) mass is 377 g/mol. The Balaban J connectivity index is 2.37. The van der Waals surface area contributed by atoms with Crippen LogP contribution in [0.3, 0.4) is 0 Å². The van der Waals surface area contributed by atoms with Gasteiger partial charge in [-0.2, -0.15) is 9.77 Å². The maximum atomic E-state index is 12.7. The molecule has 0 aliphatic rings. The average Bonchev–Trinajstić information content (AvgIpc) is 2.96. The van der Waals surface area contributed by atoms with Gasteiger partial charge >= 0.3 is 5.69 Å². The van der Waals surface area contributed by atoms with Crippen molar-refractivity contribution in [3.8, 4) is 11.1 Å². The van der Waals surface area contributed by atoms with E-state index in [1.807, 2.05) is 24.9 Å². The second-order valence-electron chi connectivity index (χ2n) is 6.48. The number of benzene rings is 1. The van der Waals surface area contributed by atoms with E-state index < -0.39 is 21.3 Å². The van der Waals surface area contributed by atoms with Crippen molar-refractivity contribution in [2.75, 3.05) is 11.1 Å². The van der Waals surface area contributed by atoms with Crippen molar-refractivity contribution in [2.45, 2.75) is 19.8 Å². The number of nitrogens with zero attached hydrogens (tertiary/aromatic N) is 3. The Morgan fingerprint density at radius 1 is 1.23 bits per heavy atom. The van der Waals surface area contributed by atoms with Crippen molar-refractivity contribution in [1.82, 2.24) is 19.4 Å². The summed E-state index contributed by atoms with van der Waals surface area (Å²) in [6, 6.07) is 3.40. The van der Waals surface area contributed by atoms with E-state index in [0.717, 1.165) is 22.9 Å². The van der Waals surface area contributed by atoms with E-state index in [1.165, 1.54) is 0 Å². The highest BCUT2D eigenvalue weighted by Gasteiger charge is 2.17. The molecule has 0 aliphatic heterocycles. The van der Waals surface area contributed by atoms with Gasteiger partial charge in [-0.25, -0.2) is 18.0 Å². The number of fused-ring (bicyclic) bond motifs is 1. The zero-order valence-electron chi connectivity index (χ0n) is 14.8. The third-order valence-corrected chi connectivity index (χ3v) is 4.48. The maximum absolute atomic E-state index is 12.7. The van der Waals surface area contributed by atoms with Crippen molar-refractivity contribution in [1.29, 1.82) is 0 Å². The lowest BCUT2D eigenvalue weighted by Gasteiger charge is -2.14. The van der Waals surface area contributed by atoms with E-state index in [0.29, 0.717) is 10.2 Å². The highest BCUT2D eigenvalue weighted by molar-refractivity contribution is 7.91. The predicted octanol–water partition coefficient (Wildman–Crippen LogP) is 0.717. The number of hydrogen-bond acceptors (Lipinski definition) is 5. The lowest BCUT2D eigenvalue weighted by atomic mass is 9.92. The molecule has 0 spiro atoms. The molecular weight excluding hydrogens is 358 g/mol. The first kappa shape index (κ1) is 17.9. The van der Waals surface area contributed by atoms with Crippen molar-refractivity contribution in [2.24, 2.45) is 7.05 Å². The molecule has 0 bridgehead atoms. The molecule has 9 nitrogen and oxygen atoms in total. The summed E-state index contributed by atoms with van der Waals surface area (Å²) in [6.45, 7) is 4.01. The molecule has 3 aromatic rings. The molecule has 0 radical (unpaired) electrons. The summed E-state index contributed by atoms with van der Waals surface area (Å²) in [7, 11) is -2.00. The molecule has 2 N–H and O–H groups in total. The molecule has 0 saturated carbocycles. The molecule has 0 atom stereocenters. The molecule has 0 fully saturated rings. The Bertz CT molecular complexity index is 1220. The predicted molar refractivity (Wildman–Crippen MR) is 99.3 cm³/mol. The SMILES string of the molecule is CC(C)c1cc2[nH]c(=O)n(NS(C)(=O)=O)c(=O)c2cc1-c1cnn(C)c1. The lowest BCUT2D eigenvalue weighted by molar-refractivity contribution is 0.598. The van der Waals surface area contributed by atoms with Gasteiger partial charge in [-0.15, -0.1) is 0 Å². The lowest BCUT2D eigenvalue weighted by Crippen LogP contribution is -2.43. The molecule has 3 rings (SSSR count). The summed E-state index contributed by atoms with van der Waals surface area (Å²) >= 11 is 0. The Morgan fingerprint density at radius 3 is 2.46 bits per heavy atom. The second-order valence-corrected chi connectivity index (χ2v) is 8.20. The Morgan fingerprint density at radius 2 is 1.92 bits per heavy atom. The molecule has 0 aliphatic carbocycles. The summed E-state index contributed by atoms with van der Waals surface area (Å²) in [6.07, 6.45) is 4.38. The summed E-state index contributed by atoms with van der Waals surface area (Å²) in [4.78, 5) is 29.3. The Hall–Kier alpha value is -2.88. The number of aromatic amines is 1. The zero-order chi connectivity index (χ0) is 19.2. The van der Waals surface area contributed by atoms with Crippen LogP contribution in [0.25, 0.3) is 22.0 Å². The Kier molecular flexibility index (Phi) is 4.23. The first-order valence-corrected chi connectivity index (χ1v) is 9.76. The van der Waals surface area contributed by atoms with Gasteiger partial charge < -0.3 is 4.98 Å². The fourth-order valence-electron chi connectivity index (χ4n) is 2.82. The minimum absolute atomic E-state index is 0.134. The van der Waals surface area contributed by atoms with Crippen LogP contribution in [0.4, 0.5) is 0 Å². The molecular formula is C16H19N5O4S. The van der Waals surface area contributed by atoms with Gasteiger partial charge in [0.2, 0.25) is 10.0 Å². The minimum Gasteiger partial charge on any atom is -0.305 e. The van der Waals surface area contributed by atoms with Gasteiger partial charge in [0.05, 0.1) is 23.4 Å². The minimum atomic E-state index is -3.79. The van der Waals surface area contributed by atoms with Gasteiger partial charge in [-0.1, -0.05) is 13.8 Å². The van der Waals surface area contributed by atoms with Crippen LogP contribution in [0, 0.1) is 0 Å². The molecule has 0 amide bonds. The van der Waals surface area contributed by atoms with E-state index in [-0.39, 0.29) is 11.3 Å². The molecule has 26 heavy (non-hydrogen) atoms. The van der Waals surface area contributed by atoms with Crippen LogP contribution in [0.2, 0.25) is 0 Å². The highest BCUT2D eigenvalue weighted by atomic mass is 32.2. The average molecular weight is 377 g/mol. The summed E-state index contributed by atoms with van der Waals surface area (Å²) in [5.74, 6) is 0.134. The topological polar surface area (TPSA) is 119 Å². The quantitative estimate of drug-likeness (QED) is 0.694. The van der Waals surface area contributed by atoms with Gasteiger partial charge in [-0.3, -0.25) is 9.48 Å². The van der Waals surface area contributed by atoms with Crippen LogP contribution in [-0.2, 0) is 17.1 Å². The first-order valence-electron chi connectivity index (χ1n) is 7.86. The fraction of sp³-hybridized carbons (Fsp3) is 0.312. The summed E-state index contributed by atoms with van der Waals surface area (Å²) < 4.78 is 25.0. The zero-order valence-corrected chi connectivity index (χ0v) is 15.6. The van der Waals surface area contributed by atoms with E-state index in [2.05, 4.69) is 10.1 Å². The highest BCUT2D eigenvalue weighted by Crippen LogP contribution is 2.31. The van der Waals surface area contributed by atoms with E-state index in [4.69, 9.17) is 0 Å². The standard InChI is InChI=1S/C16H19N5O4S/c1-9(2)11-6-14-13(5-12(11)10-7-17-20(3)8-10)15(22)21(16(23)18-14)19-26(4,24)25/h5-9,19H,1-4H3,(H,18,23). The van der Waals surface area contributed by atoms with Crippen LogP contribution < -0.4 is 16.1 Å². The van der Waals surface area contributed by atoms with Gasteiger partial charge in [-0.05, 0) is 29.2 Å². The van der Waals surface area contributed by atoms with Crippen molar-refractivity contribution >= 4 is 20.9 Å². The summed E-state index contributed by atoms with van der Waals surface area (Å²) in [5, 5.41) is 4.36. The van der Waals surface area contributed by atoms with Gasteiger partial charge in [0, 0.05) is 18.8 Å². The molecule has 0 saturated heterocycles. The number of aromatic nitrogens is 4. The van der Waals surface area contributed by atoms with Gasteiger partial charge in [0.25, 0.3) is 5.56 Å². The number of hydrogen-bond donors (Lipinski definition) is 2. The molecule has 2 aromatic heterocycles. The molecule has 138 valence electrons. The van der Waals surface area contributed by atoms with Crippen LogP contribution in [-0.4, -0.2) is 34.1 Å². The van der Waals surface area contributed by atoms with Gasteiger partial charge in [0.1, 0.15) is 0 Å². The van der Waals surface area contributed by atoms with E-state index in [1.54, 1.807) is 30.1 Å². The van der Waals surface area contributed by atoms with Gasteiger partial charge in [0.15, 0.2) is 0 Å². The number of aryl methyl sites for hydroxylation is 1. The molecule has 1 aromatic carbocycles. The maximum Gasteiger partial charge on any atom is 0.348 e. The number of rotatable bonds is 4. The molecule has 10 heteroatoms. The van der Waals surface area contributed by atoms with Crippen molar-refractivity contribution < 1.29 is 8.42 Å². The molecule has 0 unspecified atom stereocenters. The van der Waals surface area contributed by atoms with E-state index >= 15 is 0 Å². The normalized spacial score (nSPS) is 12.0.